The van der Waals surface area contributed by atoms with Crippen LogP contribution in [0, 0.1) is 0 Å². The summed E-state index contributed by atoms with van der Waals surface area (Å²) in [6.07, 6.45) is 7.88. The Labute approximate surface area is 127 Å². The van der Waals surface area contributed by atoms with Crippen LogP contribution in [0.4, 0.5) is 0 Å². The molecular weight excluding hydrogens is 316 g/mol. The number of hydrogen-bond acceptors (Lipinski definition) is 2. The van der Waals surface area contributed by atoms with E-state index in [0.717, 1.165) is 29.6 Å². The van der Waals surface area contributed by atoms with Gasteiger partial charge in [0, 0.05) is 29.5 Å². The maximum absolute atomic E-state index is 6.19. The van der Waals surface area contributed by atoms with E-state index in [1.54, 1.807) is 7.11 Å². The third kappa shape index (κ3) is 2.63. The van der Waals surface area contributed by atoms with Crippen molar-refractivity contribution in [2.75, 3.05) is 7.11 Å². The molecule has 1 aromatic carbocycles. The highest BCUT2D eigenvalue weighted by Crippen LogP contribution is 2.30. The van der Waals surface area contributed by atoms with Crippen molar-refractivity contribution in [1.29, 1.82) is 0 Å². The number of benzene rings is 1. The van der Waals surface area contributed by atoms with Crippen LogP contribution in [0.1, 0.15) is 35.6 Å². The first-order valence-corrected chi connectivity index (χ1v) is 7.73. The summed E-state index contributed by atoms with van der Waals surface area (Å²) in [5.74, 6) is 0.886. The highest BCUT2D eigenvalue weighted by atomic mass is 79.9. The maximum Gasteiger partial charge on any atom is 0.119 e. The second-order valence-electron chi connectivity index (χ2n) is 5.37. The number of halogens is 1. The van der Waals surface area contributed by atoms with Gasteiger partial charge in [0.15, 0.2) is 0 Å². The summed E-state index contributed by atoms with van der Waals surface area (Å²) < 4.78 is 8.63. The molecule has 0 fully saturated rings. The van der Waals surface area contributed by atoms with Crippen molar-refractivity contribution in [3.63, 3.8) is 0 Å². The Bertz CT molecular complexity index is 621. The summed E-state index contributed by atoms with van der Waals surface area (Å²) in [5.41, 5.74) is 10.1. The molecule has 20 heavy (non-hydrogen) atoms. The predicted molar refractivity (Wildman–Crippen MR) is 84.1 cm³/mol. The quantitative estimate of drug-likeness (QED) is 0.930. The lowest BCUT2D eigenvalue weighted by atomic mass is 9.92. The summed E-state index contributed by atoms with van der Waals surface area (Å²) >= 11 is 3.61. The molecule has 1 aromatic heterocycles. The second kappa shape index (κ2) is 5.62. The van der Waals surface area contributed by atoms with Crippen LogP contribution in [0.3, 0.4) is 0 Å². The third-order valence-electron chi connectivity index (χ3n) is 3.96. The number of hydrogen-bond donors (Lipinski definition) is 1. The van der Waals surface area contributed by atoms with Crippen LogP contribution < -0.4 is 10.5 Å². The molecule has 1 atom stereocenters. The van der Waals surface area contributed by atoms with Gasteiger partial charge < -0.3 is 15.0 Å². The monoisotopic (exact) mass is 334 g/mol. The van der Waals surface area contributed by atoms with Gasteiger partial charge in [-0.2, -0.15) is 0 Å². The molecule has 0 saturated carbocycles. The normalized spacial score (nSPS) is 17.9. The first-order chi connectivity index (χ1) is 9.67. The average Bonchev–Trinajstić information content (AvgIpc) is 2.85. The smallest absolute Gasteiger partial charge is 0.119 e. The Hall–Kier alpha value is -1.26. The van der Waals surface area contributed by atoms with E-state index in [0.29, 0.717) is 0 Å². The summed E-state index contributed by atoms with van der Waals surface area (Å²) in [6, 6.07) is 6.27. The molecule has 1 unspecified atom stereocenters. The van der Waals surface area contributed by atoms with Gasteiger partial charge in [0.25, 0.3) is 0 Å². The van der Waals surface area contributed by atoms with Crippen LogP contribution in [0.5, 0.6) is 5.75 Å². The predicted octanol–water partition coefficient (Wildman–Crippen LogP) is 3.64. The van der Waals surface area contributed by atoms with Gasteiger partial charge in [-0.25, -0.2) is 0 Å². The van der Waals surface area contributed by atoms with Gasteiger partial charge in [0.05, 0.1) is 7.11 Å². The summed E-state index contributed by atoms with van der Waals surface area (Å²) in [4.78, 5) is 0. The van der Waals surface area contributed by atoms with Gasteiger partial charge in [0.1, 0.15) is 5.75 Å². The minimum absolute atomic E-state index is 0.203. The number of aromatic nitrogens is 1. The zero-order chi connectivity index (χ0) is 14.1. The van der Waals surface area contributed by atoms with E-state index >= 15 is 0 Å². The van der Waals surface area contributed by atoms with Crippen molar-refractivity contribution in [2.24, 2.45) is 5.73 Å². The largest absolute Gasteiger partial charge is 0.497 e. The van der Waals surface area contributed by atoms with Crippen LogP contribution in [0.2, 0.25) is 0 Å². The van der Waals surface area contributed by atoms with Crippen molar-refractivity contribution in [1.82, 2.24) is 4.57 Å². The highest BCUT2D eigenvalue weighted by molar-refractivity contribution is 9.10. The van der Waals surface area contributed by atoms with Gasteiger partial charge in [-0.3, -0.25) is 0 Å². The maximum atomic E-state index is 6.19. The minimum atomic E-state index is 0.203. The highest BCUT2D eigenvalue weighted by Gasteiger charge is 2.18. The van der Waals surface area contributed by atoms with Crippen LogP contribution in [-0.4, -0.2) is 11.7 Å². The average molecular weight is 335 g/mol. The fourth-order valence-electron chi connectivity index (χ4n) is 2.87. The van der Waals surface area contributed by atoms with Gasteiger partial charge in [-0.15, -0.1) is 0 Å². The lowest BCUT2D eigenvalue weighted by Gasteiger charge is -2.17. The first-order valence-electron chi connectivity index (χ1n) is 6.94. The standard InChI is InChI=1S/C16H19BrN2O/c1-20-13-5-6-15(17)12(7-13)9-19-8-11-3-2-4-16(18)14(11)10-19/h5-8,10,16H,2-4,9,18H2,1H3. The van der Waals surface area contributed by atoms with E-state index in [-0.39, 0.29) is 6.04 Å². The molecule has 0 saturated heterocycles. The number of fused-ring (bicyclic) bond motifs is 1. The van der Waals surface area contributed by atoms with Crippen molar-refractivity contribution >= 4 is 15.9 Å². The van der Waals surface area contributed by atoms with E-state index in [4.69, 9.17) is 10.5 Å². The molecular formula is C16H19BrN2O. The molecule has 1 heterocycles. The van der Waals surface area contributed by atoms with Crippen molar-refractivity contribution < 1.29 is 4.74 Å². The van der Waals surface area contributed by atoms with Crippen molar-refractivity contribution in [2.45, 2.75) is 31.8 Å². The van der Waals surface area contributed by atoms with E-state index in [1.165, 1.54) is 23.1 Å². The number of rotatable bonds is 3. The number of methoxy groups -OCH3 is 1. The Balaban J connectivity index is 1.88. The second-order valence-corrected chi connectivity index (χ2v) is 6.22. The fourth-order valence-corrected chi connectivity index (χ4v) is 3.24. The van der Waals surface area contributed by atoms with E-state index in [9.17, 15) is 0 Å². The number of aryl methyl sites for hydroxylation is 1. The Morgan fingerprint density at radius 1 is 1.40 bits per heavy atom. The minimum Gasteiger partial charge on any atom is -0.497 e. The summed E-state index contributed by atoms with van der Waals surface area (Å²) in [6.45, 7) is 0.831. The molecule has 4 heteroatoms. The van der Waals surface area contributed by atoms with Crippen LogP contribution in [0.25, 0.3) is 0 Å². The van der Waals surface area contributed by atoms with E-state index < -0.39 is 0 Å². The number of ether oxygens (including phenoxy) is 1. The lowest BCUT2D eigenvalue weighted by molar-refractivity contribution is 0.414. The summed E-state index contributed by atoms with van der Waals surface area (Å²) in [5, 5.41) is 0. The lowest BCUT2D eigenvalue weighted by Crippen LogP contribution is -2.15. The third-order valence-corrected chi connectivity index (χ3v) is 4.74. The molecule has 1 aliphatic rings. The van der Waals surface area contributed by atoms with Crippen LogP contribution >= 0.6 is 15.9 Å². The molecule has 3 rings (SSSR count). The van der Waals surface area contributed by atoms with E-state index in [2.05, 4.69) is 39.0 Å². The molecule has 106 valence electrons. The molecule has 0 aliphatic heterocycles. The van der Waals surface area contributed by atoms with Crippen LogP contribution in [-0.2, 0) is 13.0 Å². The Morgan fingerprint density at radius 3 is 3.00 bits per heavy atom. The molecule has 2 N–H and O–H groups in total. The number of nitrogens with two attached hydrogens (primary N) is 1. The topological polar surface area (TPSA) is 40.2 Å². The Morgan fingerprint density at radius 2 is 2.25 bits per heavy atom. The van der Waals surface area contributed by atoms with Crippen molar-refractivity contribution in [3.05, 3.63) is 51.8 Å². The van der Waals surface area contributed by atoms with Gasteiger partial charge in [-0.1, -0.05) is 15.9 Å². The zero-order valence-corrected chi connectivity index (χ0v) is 13.2. The molecule has 0 amide bonds. The SMILES string of the molecule is COc1ccc(Br)c(Cn2cc3c(c2)C(N)CCC3)c1. The Kier molecular flexibility index (Phi) is 3.85. The summed E-state index contributed by atoms with van der Waals surface area (Å²) in [7, 11) is 1.69. The van der Waals surface area contributed by atoms with Crippen molar-refractivity contribution in [3.8, 4) is 5.75 Å². The molecule has 3 nitrogen and oxygen atoms in total. The van der Waals surface area contributed by atoms with Gasteiger partial charge in [0.2, 0.25) is 0 Å². The van der Waals surface area contributed by atoms with E-state index in [1.807, 2.05) is 12.1 Å². The van der Waals surface area contributed by atoms with Gasteiger partial charge in [-0.05, 0) is 54.2 Å². The van der Waals surface area contributed by atoms with Gasteiger partial charge >= 0.3 is 0 Å². The first kappa shape index (κ1) is 13.7. The zero-order valence-electron chi connectivity index (χ0n) is 11.6. The molecule has 0 radical (unpaired) electrons. The molecule has 2 aromatic rings. The fraction of sp³-hybridized carbons (Fsp3) is 0.375. The van der Waals surface area contributed by atoms with Crippen LogP contribution in [0.15, 0.2) is 35.1 Å². The molecule has 0 bridgehead atoms. The number of nitrogens with zero attached hydrogens (tertiary/aromatic N) is 1. The molecule has 1 aliphatic carbocycles. The molecule has 0 spiro atoms.